The van der Waals surface area contributed by atoms with Gasteiger partial charge in [-0.1, -0.05) is 5.16 Å². The van der Waals surface area contributed by atoms with Gasteiger partial charge < -0.3 is 15.7 Å². The van der Waals surface area contributed by atoms with Gasteiger partial charge >= 0.3 is 0 Å². The minimum atomic E-state index is 0.0572. The van der Waals surface area contributed by atoms with Crippen LogP contribution in [0.2, 0.25) is 0 Å². The molecule has 1 aliphatic heterocycles. The smallest absolute Gasteiger partial charge is 0.213 e. The molecular weight excluding hydrogens is 232 g/mol. The Morgan fingerprint density at radius 2 is 2.28 bits per heavy atom. The van der Waals surface area contributed by atoms with E-state index in [-0.39, 0.29) is 5.84 Å². The first-order valence-corrected chi connectivity index (χ1v) is 6.08. The van der Waals surface area contributed by atoms with Gasteiger partial charge in [-0.3, -0.25) is 4.90 Å². The predicted octanol–water partition coefficient (Wildman–Crippen LogP) is 0.651. The van der Waals surface area contributed by atoms with Crippen molar-refractivity contribution < 1.29 is 9.94 Å². The van der Waals surface area contributed by atoms with Crippen LogP contribution in [0.15, 0.2) is 23.5 Å². The first-order valence-electron chi connectivity index (χ1n) is 6.08. The molecule has 1 saturated heterocycles. The quantitative estimate of drug-likeness (QED) is 0.347. The third kappa shape index (κ3) is 3.33. The van der Waals surface area contributed by atoms with Crippen LogP contribution in [0.4, 0.5) is 0 Å². The number of pyridine rings is 1. The fourth-order valence-electron chi connectivity index (χ4n) is 1.99. The summed E-state index contributed by atoms with van der Waals surface area (Å²) in [5.74, 6) is 0.556. The lowest BCUT2D eigenvalue weighted by Gasteiger charge is -2.14. The molecule has 0 unspecified atom stereocenters. The van der Waals surface area contributed by atoms with Crippen molar-refractivity contribution in [2.45, 2.75) is 12.8 Å². The van der Waals surface area contributed by atoms with E-state index < -0.39 is 0 Å². The van der Waals surface area contributed by atoms with Crippen molar-refractivity contribution in [3.63, 3.8) is 0 Å². The number of rotatable bonds is 5. The van der Waals surface area contributed by atoms with Gasteiger partial charge in [0.1, 0.15) is 6.61 Å². The van der Waals surface area contributed by atoms with Crippen LogP contribution in [-0.2, 0) is 0 Å². The normalized spacial score (nSPS) is 17.0. The monoisotopic (exact) mass is 250 g/mol. The van der Waals surface area contributed by atoms with Gasteiger partial charge in [-0.25, -0.2) is 4.98 Å². The largest absolute Gasteiger partial charge is 0.476 e. The Kier molecular flexibility index (Phi) is 4.35. The Bertz CT molecular complexity index is 416. The Labute approximate surface area is 106 Å². The van der Waals surface area contributed by atoms with E-state index in [1.165, 1.54) is 12.8 Å². The average molecular weight is 250 g/mol. The molecule has 0 radical (unpaired) electrons. The molecule has 0 aromatic carbocycles. The molecule has 0 atom stereocenters. The maximum Gasteiger partial charge on any atom is 0.213 e. The Morgan fingerprint density at radius 1 is 1.50 bits per heavy atom. The van der Waals surface area contributed by atoms with Gasteiger partial charge in [0.05, 0.1) is 0 Å². The molecule has 1 aromatic heterocycles. The fraction of sp³-hybridized carbons (Fsp3) is 0.500. The van der Waals surface area contributed by atoms with Crippen LogP contribution in [0, 0.1) is 0 Å². The maximum atomic E-state index is 8.59. The van der Waals surface area contributed by atoms with E-state index in [0.29, 0.717) is 18.1 Å². The summed E-state index contributed by atoms with van der Waals surface area (Å²) in [6, 6.07) is 3.33. The second-order valence-electron chi connectivity index (χ2n) is 4.27. The lowest BCUT2D eigenvalue weighted by molar-refractivity contribution is 0.232. The highest BCUT2D eigenvalue weighted by molar-refractivity contribution is 5.97. The van der Waals surface area contributed by atoms with E-state index in [4.69, 9.17) is 15.7 Å². The number of aromatic nitrogens is 1. The third-order valence-corrected chi connectivity index (χ3v) is 2.99. The topological polar surface area (TPSA) is 84.0 Å². The van der Waals surface area contributed by atoms with Gasteiger partial charge in [-0.15, -0.1) is 0 Å². The molecule has 1 fully saturated rings. The van der Waals surface area contributed by atoms with E-state index in [1.807, 2.05) is 0 Å². The van der Waals surface area contributed by atoms with Gasteiger partial charge in [0.25, 0.3) is 0 Å². The molecule has 3 N–H and O–H groups in total. The Hall–Kier alpha value is -1.82. The zero-order valence-corrected chi connectivity index (χ0v) is 10.2. The van der Waals surface area contributed by atoms with Crippen LogP contribution in [0.1, 0.15) is 18.4 Å². The highest BCUT2D eigenvalue weighted by Gasteiger charge is 2.11. The average Bonchev–Trinajstić information content (AvgIpc) is 2.91. The summed E-state index contributed by atoms with van der Waals surface area (Å²) in [5.41, 5.74) is 6.10. The van der Waals surface area contributed by atoms with Crippen molar-refractivity contribution >= 4 is 5.84 Å². The van der Waals surface area contributed by atoms with Crippen LogP contribution >= 0.6 is 0 Å². The highest BCUT2D eigenvalue weighted by Crippen LogP contribution is 2.10. The van der Waals surface area contributed by atoms with E-state index in [1.54, 1.807) is 18.3 Å². The number of hydrogen-bond donors (Lipinski definition) is 2. The van der Waals surface area contributed by atoms with Gasteiger partial charge in [0.15, 0.2) is 5.84 Å². The summed E-state index contributed by atoms with van der Waals surface area (Å²) < 4.78 is 5.56. The minimum Gasteiger partial charge on any atom is -0.476 e. The molecule has 0 bridgehead atoms. The van der Waals surface area contributed by atoms with Crippen molar-refractivity contribution in [2.75, 3.05) is 26.2 Å². The van der Waals surface area contributed by atoms with Gasteiger partial charge in [0.2, 0.25) is 5.88 Å². The molecule has 18 heavy (non-hydrogen) atoms. The first-order chi connectivity index (χ1) is 8.79. The Balaban J connectivity index is 1.85. The molecule has 1 aliphatic rings. The lowest BCUT2D eigenvalue weighted by atomic mass is 10.2. The van der Waals surface area contributed by atoms with Crippen LogP contribution in [0.3, 0.4) is 0 Å². The predicted molar refractivity (Wildman–Crippen MR) is 67.9 cm³/mol. The molecule has 0 spiro atoms. The first kappa shape index (κ1) is 12.6. The third-order valence-electron chi connectivity index (χ3n) is 2.99. The molecule has 0 aliphatic carbocycles. The summed E-state index contributed by atoms with van der Waals surface area (Å²) in [4.78, 5) is 6.46. The zero-order chi connectivity index (χ0) is 12.8. The summed E-state index contributed by atoms with van der Waals surface area (Å²) in [6.45, 7) is 3.82. The van der Waals surface area contributed by atoms with Crippen molar-refractivity contribution in [3.05, 3.63) is 23.9 Å². The number of oxime groups is 1. The van der Waals surface area contributed by atoms with E-state index in [0.717, 1.165) is 19.6 Å². The molecule has 2 heterocycles. The highest BCUT2D eigenvalue weighted by atomic mass is 16.5. The van der Waals surface area contributed by atoms with Crippen LogP contribution in [0.5, 0.6) is 5.88 Å². The fourth-order valence-corrected chi connectivity index (χ4v) is 1.99. The van der Waals surface area contributed by atoms with Crippen LogP contribution in [-0.4, -0.2) is 47.2 Å². The summed E-state index contributed by atoms with van der Waals surface area (Å²) in [5, 5.41) is 11.5. The maximum absolute atomic E-state index is 8.59. The van der Waals surface area contributed by atoms with Crippen molar-refractivity contribution in [1.82, 2.24) is 9.88 Å². The van der Waals surface area contributed by atoms with Gasteiger partial charge in [-0.05, 0) is 32.0 Å². The summed E-state index contributed by atoms with van der Waals surface area (Å²) in [7, 11) is 0. The summed E-state index contributed by atoms with van der Waals surface area (Å²) in [6.07, 6.45) is 4.13. The second kappa shape index (κ2) is 6.20. The van der Waals surface area contributed by atoms with Crippen LogP contribution < -0.4 is 10.5 Å². The number of amidine groups is 1. The zero-order valence-electron chi connectivity index (χ0n) is 10.2. The van der Waals surface area contributed by atoms with Crippen molar-refractivity contribution in [2.24, 2.45) is 10.9 Å². The SMILES string of the molecule is N/C(=N\O)c1ccnc(OCCN2CCCC2)c1. The number of ether oxygens (including phenoxy) is 1. The minimum absolute atomic E-state index is 0.0572. The summed E-state index contributed by atoms with van der Waals surface area (Å²) >= 11 is 0. The van der Waals surface area contributed by atoms with E-state index >= 15 is 0 Å². The molecule has 6 heteroatoms. The number of hydrogen-bond acceptors (Lipinski definition) is 5. The Morgan fingerprint density at radius 3 is 3.00 bits per heavy atom. The number of nitrogens with zero attached hydrogens (tertiary/aromatic N) is 3. The van der Waals surface area contributed by atoms with Gasteiger partial charge in [-0.2, -0.15) is 0 Å². The molecule has 98 valence electrons. The van der Waals surface area contributed by atoms with E-state index in [2.05, 4.69) is 15.0 Å². The molecule has 1 aromatic rings. The van der Waals surface area contributed by atoms with E-state index in [9.17, 15) is 0 Å². The molecule has 6 nitrogen and oxygen atoms in total. The second-order valence-corrected chi connectivity index (χ2v) is 4.27. The standard InChI is InChI=1S/C12H18N4O2/c13-12(15-17)10-3-4-14-11(9-10)18-8-7-16-5-1-2-6-16/h3-4,9,17H,1-2,5-8H2,(H2,13,15). The van der Waals surface area contributed by atoms with Crippen molar-refractivity contribution in [1.29, 1.82) is 0 Å². The molecule has 0 saturated carbocycles. The lowest BCUT2D eigenvalue weighted by Crippen LogP contribution is -2.25. The molecular formula is C12H18N4O2. The molecule has 0 amide bonds. The number of likely N-dealkylation sites (tertiary alicyclic amines) is 1. The number of nitrogens with two attached hydrogens (primary N) is 1. The molecule has 2 rings (SSSR count). The van der Waals surface area contributed by atoms with Crippen LogP contribution in [0.25, 0.3) is 0 Å². The van der Waals surface area contributed by atoms with Gasteiger partial charge in [0, 0.05) is 24.4 Å². The van der Waals surface area contributed by atoms with Crippen molar-refractivity contribution in [3.8, 4) is 5.88 Å².